The maximum atomic E-state index is 12.1. The summed E-state index contributed by atoms with van der Waals surface area (Å²) in [6, 6.07) is 4.93. The normalized spacial score (nSPS) is 17.6. The molecule has 1 heterocycles. The number of quaternary nitrogens is 1. The number of benzene rings is 1. The number of aryl methyl sites for hydroxylation is 1. The summed E-state index contributed by atoms with van der Waals surface area (Å²) in [5.74, 6) is -0.303. The Kier molecular flexibility index (Phi) is 5.33. The summed E-state index contributed by atoms with van der Waals surface area (Å²) in [6.45, 7) is 7.98. The van der Waals surface area contributed by atoms with Crippen molar-refractivity contribution in [2.24, 2.45) is 0 Å². The van der Waals surface area contributed by atoms with Crippen molar-refractivity contribution in [1.82, 2.24) is 10.9 Å². The average molecular weight is 319 g/mol. The third kappa shape index (κ3) is 4.29. The molecule has 0 spiro atoms. The first-order valence-corrected chi connectivity index (χ1v) is 7.73. The maximum absolute atomic E-state index is 12.1. The van der Waals surface area contributed by atoms with E-state index in [9.17, 15) is 14.9 Å². The number of hydrogen-bond acceptors (Lipinski definition) is 4. The van der Waals surface area contributed by atoms with E-state index in [0.29, 0.717) is 17.2 Å². The van der Waals surface area contributed by atoms with Crippen molar-refractivity contribution in [2.45, 2.75) is 33.2 Å². The fourth-order valence-electron chi connectivity index (χ4n) is 2.60. The van der Waals surface area contributed by atoms with E-state index in [-0.39, 0.29) is 11.6 Å². The Hall–Kier alpha value is -2.41. The second-order valence-corrected chi connectivity index (χ2v) is 6.08. The standard InChI is InChI=1S/C16H22N4O3/c1-11(2)19-8-6-14(7-9-19)17-18-16(21)13-4-5-15(20(22)23)12(3)10-13/h4-6,10-11,17H,7-9H2,1-3H3,(H,18,21)/p+1. The van der Waals surface area contributed by atoms with Crippen molar-refractivity contribution >= 4 is 11.6 Å². The zero-order valence-corrected chi connectivity index (χ0v) is 13.7. The summed E-state index contributed by atoms with van der Waals surface area (Å²) in [5, 5.41) is 10.8. The predicted molar refractivity (Wildman–Crippen MR) is 87.0 cm³/mol. The van der Waals surface area contributed by atoms with Crippen molar-refractivity contribution in [2.75, 3.05) is 13.1 Å². The molecule has 0 radical (unpaired) electrons. The summed E-state index contributed by atoms with van der Waals surface area (Å²) in [5.41, 5.74) is 7.48. The number of hydrogen-bond donors (Lipinski definition) is 3. The molecule has 1 aromatic carbocycles. The number of carbonyl (C=O) groups excluding carboxylic acids is 1. The van der Waals surface area contributed by atoms with E-state index in [0.717, 1.165) is 25.2 Å². The Morgan fingerprint density at radius 1 is 1.39 bits per heavy atom. The highest BCUT2D eigenvalue weighted by Gasteiger charge is 2.18. The van der Waals surface area contributed by atoms with Gasteiger partial charge in [0.15, 0.2) is 0 Å². The van der Waals surface area contributed by atoms with Gasteiger partial charge in [-0.25, -0.2) is 0 Å². The van der Waals surface area contributed by atoms with Crippen LogP contribution >= 0.6 is 0 Å². The first kappa shape index (κ1) is 17.0. The lowest BCUT2D eigenvalue weighted by Gasteiger charge is -2.27. The monoisotopic (exact) mass is 319 g/mol. The van der Waals surface area contributed by atoms with Crippen LogP contribution in [0.25, 0.3) is 0 Å². The lowest BCUT2D eigenvalue weighted by atomic mass is 10.1. The van der Waals surface area contributed by atoms with Crippen molar-refractivity contribution in [3.8, 4) is 0 Å². The van der Waals surface area contributed by atoms with Crippen LogP contribution in [-0.4, -0.2) is 30.0 Å². The second-order valence-electron chi connectivity index (χ2n) is 6.08. The molecule has 1 unspecified atom stereocenters. The fourth-order valence-corrected chi connectivity index (χ4v) is 2.60. The molecule has 7 heteroatoms. The number of hydrazine groups is 1. The van der Waals surface area contributed by atoms with Gasteiger partial charge in [0.25, 0.3) is 11.6 Å². The molecular formula is C16H23N4O3+. The molecule has 1 aliphatic heterocycles. The first-order chi connectivity index (χ1) is 10.9. The smallest absolute Gasteiger partial charge is 0.272 e. The lowest BCUT2D eigenvalue weighted by Crippen LogP contribution is -3.15. The minimum absolute atomic E-state index is 0.0150. The van der Waals surface area contributed by atoms with Gasteiger partial charge in [0, 0.05) is 29.3 Å². The molecule has 1 aromatic rings. The average Bonchev–Trinajstić information content (AvgIpc) is 2.52. The minimum atomic E-state index is -0.453. The number of nitro benzene ring substituents is 1. The number of nitrogens with zero attached hydrogens (tertiary/aromatic N) is 1. The summed E-state index contributed by atoms with van der Waals surface area (Å²) >= 11 is 0. The molecule has 3 N–H and O–H groups in total. The Morgan fingerprint density at radius 3 is 2.65 bits per heavy atom. The van der Waals surface area contributed by atoms with Gasteiger partial charge >= 0.3 is 0 Å². The lowest BCUT2D eigenvalue weighted by molar-refractivity contribution is -0.917. The van der Waals surface area contributed by atoms with Crippen LogP contribution in [0.15, 0.2) is 30.0 Å². The Bertz CT molecular complexity index is 640. The van der Waals surface area contributed by atoms with Gasteiger partial charge in [-0.3, -0.25) is 20.3 Å². The van der Waals surface area contributed by atoms with E-state index in [1.165, 1.54) is 23.1 Å². The van der Waals surface area contributed by atoms with Crippen LogP contribution in [-0.2, 0) is 0 Å². The highest BCUT2D eigenvalue weighted by molar-refractivity contribution is 5.94. The molecule has 1 aliphatic rings. The summed E-state index contributed by atoms with van der Waals surface area (Å²) in [4.78, 5) is 24.0. The minimum Gasteiger partial charge on any atom is -0.329 e. The molecular weight excluding hydrogens is 296 g/mol. The number of carbonyl (C=O) groups is 1. The molecule has 1 atom stereocenters. The topological polar surface area (TPSA) is 88.7 Å². The third-order valence-electron chi connectivity index (χ3n) is 4.13. The molecule has 0 saturated carbocycles. The van der Waals surface area contributed by atoms with E-state index in [1.54, 1.807) is 6.92 Å². The van der Waals surface area contributed by atoms with E-state index >= 15 is 0 Å². The number of amides is 1. The van der Waals surface area contributed by atoms with Gasteiger partial charge in [-0.2, -0.15) is 0 Å². The van der Waals surface area contributed by atoms with Crippen molar-refractivity contribution in [3.63, 3.8) is 0 Å². The number of nitro groups is 1. The van der Waals surface area contributed by atoms with Gasteiger partial charge in [0.05, 0.1) is 24.1 Å². The van der Waals surface area contributed by atoms with Crippen LogP contribution in [0, 0.1) is 17.0 Å². The van der Waals surface area contributed by atoms with Crippen LogP contribution < -0.4 is 15.8 Å². The van der Waals surface area contributed by atoms with Gasteiger partial charge in [0.1, 0.15) is 0 Å². The molecule has 0 saturated heterocycles. The molecule has 23 heavy (non-hydrogen) atoms. The van der Waals surface area contributed by atoms with Crippen molar-refractivity contribution in [1.29, 1.82) is 0 Å². The van der Waals surface area contributed by atoms with Crippen LogP contribution in [0.3, 0.4) is 0 Å². The van der Waals surface area contributed by atoms with Gasteiger partial charge < -0.3 is 10.3 Å². The molecule has 7 nitrogen and oxygen atoms in total. The molecule has 0 bridgehead atoms. The van der Waals surface area contributed by atoms with E-state index in [4.69, 9.17) is 0 Å². The number of rotatable bonds is 5. The van der Waals surface area contributed by atoms with Gasteiger partial charge in [-0.15, -0.1) is 0 Å². The first-order valence-electron chi connectivity index (χ1n) is 7.73. The fraction of sp³-hybridized carbons (Fsp3) is 0.438. The van der Waals surface area contributed by atoms with Crippen molar-refractivity contribution < 1.29 is 14.6 Å². The van der Waals surface area contributed by atoms with Crippen LogP contribution in [0.5, 0.6) is 0 Å². The van der Waals surface area contributed by atoms with Crippen LogP contribution in [0.1, 0.15) is 36.2 Å². The molecule has 2 rings (SSSR count). The van der Waals surface area contributed by atoms with Gasteiger partial charge in [-0.05, 0) is 39.0 Å². The summed E-state index contributed by atoms with van der Waals surface area (Å²) < 4.78 is 0. The molecule has 1 amide bonds. The van der Waals surface area contributed by atoms with Gasteiger partial charge in [-0.1, -0.05) is 0 Å². The van der Waals surface area contributed by atoms with Crippen molar-refractivity contribution in [3.05, 3.63) is 51.2 Å². The molecule has 0 aliphatic carbocycles. The second kappa shape index (κ2) is 7.23. The highest BCUT2D eigenvalue weighted by Crippen LogP contribution is 2.18. The predicted octanol–water partition coefficient (Wildman–Crippen LogP) is 0.719. The number of nitrogens with one attached hydrogen (secondary N) is 3. The zero-order valence-electron chi connectivity index (χ0n) is 13.7. The zero-order chi connectivity index (χ0) is 17.0. The summed E-state index contributed by atoms with van der Waals surface area (Å²) in [7, 11) is 0. The Morgan fingerprint density at radius 2 is 2.13 bits per heavy atom. The quantitative estimate of drug-likeness (QED) is 0.551. The highest BCUT2D eigenvalue weighted by atomic mass is 16.6. The van der Waals surface area contributed by atoms with E-state index in [1.807, 2.05) is 0 Å². The maximum Gasteiger partial charge on any atom is 0.272 e. The molecule has 0 aromatic heterocycles. The SMILES string of the molecule is Cc1cc(C(=O)NNC2=CC[NH+](C(C)C)CC2)ccc1[N+](=O)[O-]. The van der Waals surface area contributed by atoms with Gasteiger partial charge in [0.2, 0.25) is 0 Å². The summed E-state index contributed by atoms with van der Waals surface area (Å²) in [6.07, 6.45) is 2.98. The van der Waals surface area contributed by atoms with Crippen LogP contribution in [0.4, 0.5) is 5.69 Å². The largest absolute Gasteiger partial charge is 0.329 e. The van der Waals surface area contributed by atoms with E-state index in [2.05, 4.69) is 30.8 Å². The Labute approximate surface area is 135 Å². The molecule has 124 valence electrons. The van der Waals surface area contributed by atoms with Crippen LogP contribution in [0.2, 0.25) is 0 Å². The molecule has 0 fully saturated rings. The van der Waals surface area contributed by atoms with E-state index < -0.39 is 4.92 Å². The third-order valence-corrected chi connectivity index (χ3v) is 4.13. The Balaban J connectivity index is 1.93.